The van der Waals surface area contributed by atoms with Crippen LogP contribution < -0.4 is 15.6 Å². The van der Waals surface area contributed by atoms with E-state index in [0.717, 1.165) is 12.8 Å². The number of hydrogen-bond donors (Lipinski definition) is 3. The molecule has 0 bridgehead atoms. The van der Waals surface area contributed by atoms with Gasteiger partial charge in [-0.15, -0.1) is 0 Å². The van der Waals surface area contributed by atoms with Crippen LogP contribution in [0.4, 0.5) is 0 Å². The fourth-order valence-corrected chi connectivity index (χ4v) is 2.63. The van der Waals surface area contributed by atoms with Crippen molar-refractivity contribution in [3.8, 4) is 0 Å². The maximum atomic E-state index is 12.2. The molecule has 0 aromatic rings. The van der Waals surface area contributed by atoms with Crippen LogP contribution >= 0.6 is 0 Å². The van der Waals surface area contributed by atoms with Gasteiger partial charge in [-0.25, -0.2) is 9.86 Å². The summed E-state index contributed by atoms with van der Waals surface area (Å²) >= 11 is 0. The van der Waals surface area contributed by atoms with Crippen LogP contribution in [-0.4, -0.2) is 44.4 Å². The molecule has 0 radical (unpaired) electrons. The highest BCUT2D eigenvalue weighted by Gasteiger charge is 2.33. The zero-order valence-electron chi connectivity index (χ0n) is 11.6. The molecule has 0 saturated carbocycles. The normalized spacial score (nSPS) is 24.0. The first-order valence-electron chi connectivity index (χ1n) is 6.51. The van der Waals surface area contributed by atoms with E-state index in [1.807, 2.05) is 6.92 Å². The summed E-state index contributed by atoms with van der Waals surface area (Å²) in [7, 11) is -3.67. The van der Waals surface area contributed by atoms with Crippen molar-refractivity contribution < 1.29 is 13.2 Å². The number of amides is 1. The summed E-state index contributed by atoms with van der Waals surface area (Å²) in [5.74, 6) is 0.0130. The molecular weight excluding hydrogens is 268 g/mol. The third kappa shape index (κ3) is 5.06. The van der Waals surface area contributed by atoms with Gasteiger partial charge in [-0.1, -0.05) is 6.92 Å². The smallest absolute Gasteiger partial charge is 0.274 e. The van der Waals surface area contributed by atoms with E-state index in [-0.39, 0.29) is 18.4 Å². The summed E-state index contributed by atoms with van der Waals surface area (Å²) in [5, 5.41) is 4.90. The van der Waals surface area contributed by atoms with Crippen LogP contribution in [0, 0.1) is 5.92 Å². The molecule has 2 unspecified atom stereocenters. The van der Waals surface area contributed by atoms with Gasteiger partial charge in [0.2, 0.25) is 5.91 Å². The van der Waals surface area contributed by atoms with Gasteiger partial charge in [-0.05, 0) is 32.1 Å². The van der Waals surface area contributed by atoms with E-state index in [1.165, 1.54) is 0 Å². The van der Waals surface area contributed by atoms with Gasteiger partial charge in [0.25, 0.3) is 10.2 Å². The highest BCUT2D eigenvalue weighted by Crippen LogP contribution is 2.19. The van der Waals surface area contributed by atoms with E-state index in [4.69, 9.17) is 10.9 Å². The Labute approximate surface area is 114 Å². The van der Waals surface area contributed by atoms with Crippen molar-refractivity contribution in [2.24, 2.45) is 16.8 Å². The first-order chi connectivity index (χ1) is 8.65. The van der Waals surface area contributed by atoms with E-state index in [9.17, 15) is 13.2 Å². The Morgan fingerprint density at radius 3 is 2.68 bits per heavy atom. The van der Waals surface area contributed by atoms with Crippen molar-refractivity contribution in [2.45, 2.75) is 38.6 Å². The first-order valence-corrected chi connectivity index (χ1v) is 8.06. The van der Waals surface area contributed by atoms with Gasteiger partial charge in [0.05, 0.1) is 5.54 Å². The Morgan fingerprint density at radius 1 is 1.53 bits per heavy atom. The Balaban J connectivity index is 2.57. The molecule has 0 spiro atoms. The summed E-state index contributed by atoms with van der Waals surface area (Å²) in [6.07, 6.45) is 2.30. The lowest BCUT2D eigenvalue weighted by atomic mass is 9.93. The number of carbonyl (C=O) groups is 1. The molecule has 1 amide bonds. The second-order valence-corrected chi connectivity index (χ2v) is 6.80. The molecular formula is C11H24N4O3S. The van der Waals surface area contributed by atoms with Crippen LogP contribution in [0.5, 0.6) is 0 Å². The predicted molar refractivity (Wildman–Crippen MR) is 73.3 cm³/mol. The Hall–Kier alpha value is -0.700. The number of nitrogens with one attached hydrogen (secondary N) is 1. The fourth-order valence-electron chi connectivity index (χ4n) is 2.16. The average Bonchev–Trinajstić information content (AvgIpc) is 2.35. The molecule has 1 aliphatic heterocycles. The highest BCUT2D eigenvalue weighted by molar-refractivity contribution is 7.87. The molecule has 0 aromatic carbocycles. The maximum absolute atomic E-state index is 12.2. The van der Waals surface area contributed by atoms with Gasteiger partial charge in [0.15, 0.2) is 0 Å². The number of nitrogens with two attached hydrogens (primary N) is 2. The highest BCUT2D eigenvalue weighted by atomic mass is 32.2. The van der Waals surface area contributed by atoms with Crippen molar-refractivity contribution in [3.63, 3.8) is 0 Å². The first kappa shape index (κ1) is 16.4. The van der Waals surface area contributed by atoms with Crippen LogP contribution in [0.2, 0.25) is 0 Å². The van der Waals surface area contributed by atoms with Gasteiger partial charge in [-0.3, -0.25) is 4.79 Å². The summed E-state index contributed by atoms with van der Waals surface area (Å²) in [5.41, 5.74) is 5.10. The fraction of sp³-hybridized carbons (Fsp3) is 0.909. The Bertz CT molecular complexity index is 422. The average molecular weight is 292 g/mol. The summed E-state index contributed by atoms with van der Waals surface area (Å²) < 4.78 is 24.0. The lowest BCUT2D eigenvalue weighted by Crippen LogP contribution is -2.56. The summed E-state index contributed by atoms with van der Waals surface area (Å²) in [6.45, 7) is 5.06. The largest absolute Gasteiger partial charge is 0.341 e. The number of carbonyl (C=O) groups excluding carboxylic acids is 1. The van der Waals surface area contributed by atoms with E-state index >= 15 is 0 Å². The summed E-state index contributed by atoms with van der Waals surface area (Å²) in [4.78, 5) is 14.0. The van der Waals surface area contributed by atoms with Gasteiger partial charge in [0.1, 0.15) is 0 Å². The van der Waals surface area contributed by atoms with Crippen LogP contribution in [0.15, 0.2) is 0 Å². The van der Waals surface area contributed by atoms with Gasteiger partial charge < -0.3 is 10.6 Å². The van der Waals surface area contributed by atoms with Crippen LogP contribution in [0.3, 0.4) is 0 Å². The van der Waals surface area contributed by atoms with Crippen molar-refractivity contribution >= 4 is 16.1 Å². The zero-order chi connectivity index (χ0) is 14.7. The molecule has 7 nitrogen and oxygen atoms in total. The summed E-state index contributed by atoms with van der Waals surface area (Å²) in [6, 6.07) is 0. The number of nitrogens with zero attached hydrogens (tertiary/aromatic N) is 1. The molecule has 112 valence electrons. The van der Waals surface area contributed by atoms with Crippen LogP contribution in [0.1, 0.15) is 33.1 Å². The second kappa shape index (κ2) is 6.17. The number of piperidine rings is 1. The van der Waals surface area contributed by atoms with Crippen molar-refractivity contribution in [2.75, 3.05) is 19.6 Å². The quantitative estimate of drug-likeness (QED) is 0.611. The van der Waals surface area contributed by atoms with Gasteiger partial charge in [-0.2, -0.15) is 8.42 Å². The van der Waals surface area contributed by atoms with E-state index < -0.39 is 15.7 Å². The number of likely N-dealkylation sites (tertiary alicyclic amines) is 1. The molecule has 19 heavy (non-hydrogen) atoms. The minimum atomic E-state index is -3.67. The predicted octanol–water partition coefficient (Wildman–Crippen LogP) is -0.854. The molecule has 1 fully saturated rings. The van der Waals surface area contributed by atoms with Crippen molar-refractivity contribution in [1.82, 2.24) is 9.62 Å². The molecule has 0 aliphatic carbocycles. The molecule has 8 heteroatoms. The van der Waals surface area contributed by atoms with Crippen LogP contribution in [0.25, 0.3) is 0 Å². The standard InChI is InChI=1S/C11H24N4O3S/c1-3-11(2,12)10(16)15-6-4-5-9(8-15)7-14-19(13,17)18/h9,14H,3-8,12H2,1-2H3,(H2,13,17,18). The third-order valence-electron chi connectivity index (χ3n) is 3.60. The van der Waals surface area contributed by atoms with Crippen LogP contribution in [-0.2, 0) is 15.0 Å². The van der Waals surface area contributed by atoms with Crippen molar-refractivity contribution in [3.05, 3.63) is 0 Å². The topological polar surface area (TPSA) is 119 Å². The lowest BCUT2D eigenvalue weighted by Gasteiger charge is -2.37. The van der Waals surface area contributed by atoms with Gasteiger partial charge >= 0.3 is 0 Å². The maximum Gasteiger partial charge on any atom is 0.274 e. The van der Waals surface area contributed by atoms with E-state index in [0.29, 0.717) is 19.5 Å². The third-order valence-corrected chi connectivity index (χ3v) is 4.17. The monoisotopic (exact) mass is 292 g/mol. The van der Waals surface area contributed by atoms with Gasteiger partial charge in [0, 0.05) is 19.6 Å². The molecule has 2 atom stereocenters. The van der Waals surface area contributed by atoms with E-state index in [2.05, 4.69) is 4.72 Å². The Kier molecular flexibility index (Phi) is 5.31. The number of rotatable bonds is 5. The molecule has 5 N–H and O–H groups in total. The van der Waals surface area contributed by atoms with Crippen molar-refractivity contribution in [1.29, 1.82) is 0 Å². The number of hydrogen-bond acceptors (Lipinski definition) is 4. The second-order valence-electron chi connectivity index (χ2n) is 5.42. The lowest BCUT2D eigenvalue weighted by molar-refractivity contribution is -0.138. The minimum absolute atomic E-state index is 0.0738. The minimum Gasteiger partial charge on any atom is -0.341 e. The zero-order valence-corrected chi connectivity index (χ0v) is 12.4. The van der Waals surface area contributed by atoms with E-state index in [1.54, 1.807) is 11.8 Å². The molecule has 1 aliphatic rings. The molecule has 0 aromatic heterocycles. The molecule has 1 rings (SSSR count). The molecule has 1 heterocycles. The molecule has 1 saturated heterocycles. The Morgan fingerprint density at radius 2 is 2.16 bits per heavy atom. The SMILES string of the molecule is CCC(C)(N)C(=O)N1CCCC(CNS(N)(=O)=O)C1.